The summed E-state index contributed by atoms with van der Waals surface area (Å²) in [5.74, 6) is -1.61. The van der Waals surface area contributed by atoms with Crippen LogP contribution < -0.4 is 0 Å². The molecular weight excluding hydrogens is 1120 g/mol. The number of halogens is 2. The number of ether oxygens (including phenoxy) is 6. The fourth-order valence-electron chi connectivity index (χ4n) is 9.54. The Morgan fingerprint density at radius 2 is 0.560 bits per heavy atom. The van der Waals surface area contributed by atoms with Gasteiger partial charge in [-0.2, -0.15) is 0 Å². The van der Waals surface area contributed by atoms with E-state index >= 15 is 0 Å². The maximum absolute atomic E-state index is 12.6. The lowest BCUT2D eigenvalue weighted by molar-refractivity contribution is -0.845. The van der Waals surface area contributed by atoms with E-state index in [4.69, 9.17) is 28.4 Å². The smallest absolute Gasteiger partial charge is 0.306 e. The van der Waals surface area contributed by atoms with Crippen LogP contribution in [-0.4, -0.2) is 147 Å². The first-order valence-corrected chi connectivity index (χ1v) is 33.0. The van der Waals surface area contributed by atoms with E-state index in [0.29, 0.717) is 99.8 Å². The summed E-state index contributed by atoms with van der Waals surface area (Å²) in [5, 5.41) is 21.8. The molecule has 0 aliphatic rings. The van der Waals surface area contributed by atoms with Crippen LogP contribution in [-0.2, 0) is 57.2 Å². The Morgan fingerprint density at radius 1 is 0.321 bits per heavy atom. The molecule has 498 valence electrons. The number of quaternary nitrogens is 2. The van der Waals surface area contributed by atoms with Crippen molar-refractivity contribution in [2.45, 2.75) is 308 Å². The van der Waals surface area contributed by atoms with Gasteiger partial charge in [-0.1, -0.05) is 168 Å². The molecule has 0 bridgehead atoms. The number of carbonyl (C=O) groups excluding carboxylic acids is 6. The van der Waals surface area contributed by atoms with Crippen molar-refractivity contribution >= 4 is 60.6 Å². The standard InChI is InChI=1S/C66H124N2O14.2ClH/c1-9-11-31-43-59(81-65(75)49-39-47-63(73)79-55-51-67(3,4)5)57(69)41-33-25-19-13-15-21-27-35-45-61(71)77-53-37-29-23-17-18-24-30-38-54-78-62(72)46-36-28-22-16-14-20-26-34-42-58(70)60(44-32-12-10-2)82-66(76)50-40-48-64(74)80-56-52-68(6,7)8;;/h57-60,69-70H,3,6,9-56H2,1-2,4-5,7-8H3;2*1H. The van der Waals surface area contributed by atoms with Gasteiger partial charge in [0.05, 0.1) is 38.5 Å². The summed E-state index contributed by atoms with van der Waals surface area (Å²) in [6, 6.07) is 0. The van der Waals surface area contributed by atoms with Crippen molar-refractivity contribution in [3.63, 3.8) is 0 Å². The summed E-state index contributed by atoms with van der Waals surface area (Å²) in [6.07, 6.45) is 33.1. The number of likely N-dealkylation sites (N-methyl/N-ethyl adjacent to an activating group) is 2. The highest BCUT2D eigenvalue weighted by Gasteiger charge is 2.25. The Morgan fingerprint density at radius 3 is 0.857 bits per heavy atom. The second kappa shape index (κ2) is 58.0. The van der Waals surface area contributed by atoms with Crippen LogP contribution in [0.4, 0.5) is 0 Å². The van der Waals surface area contributed by atoms with Gasteiger partial charge in [0.15, 0.2) is 0 Å². The highest BCUT2D eigenvalue weighted by Crippen LogP contribution is 2.21. The summed E-state index contributed by atoms with van der Waals surface area (Å²) in [6.45, 7) is 7.04. The molecule has 4 atom stereocenters. The zero-order valence-electron chi connectivity index (χ0n) is 54.2. The van der Waals surface area contributed by atoms with E-state index in [2.05, 4.69) is 27.9 Å². The van der Waals surface area contributed by atoms with Gasteiger partial charge in [0, 0.05) is 66.7 Å². The molecular formula is C66H126Cl2N2O14. The Bertz CT molecular complexity index is 1480. The Balaban J connectivity index is -0.0000328. The number of hydrogen-bond acceptors (Lipinski definition) is 14. The zero-order valence-corrected chi connectivity index (χ0v) is 55.8. The fraction of sp³-hybridized carbons (Fsp3) is 0.879. The van der Waals surface area contributed by atoms with E-state index < -0.39 is 24.4 Å². The highest BCUT2D eigenvalue weighted by atomic mass is 35.5. The molecule has 84 heavy (non-hydrogen) atoms. The van der Waals surface area contributed by atoms with Crippen molar-refractivity contribution in [2.24, 2.45) is 0 Å². The van der Waals surface area contributed by atoms with E-state index in [0.717, 1.165) is 193 Å². The molecule has 0 aromatic carbocycles. The molecule has 0 aliphatic heterocycles. The summed E-state index contributed by atoms with van der Waals surface area (Å²) in [7, 11) is 15.6. The predicted octanol–water partition coefficient (Wildman–Crippen LogP) is 14.7. The van der Waals surface area contributed by atoms with Gasteiger partial charge in [-0.3, -0.25) is 28.8 Å². The molecule has 0 radical (unpaired) electrons. The lowest BCUT2D eigenvalue weighted by atomic mass is 9.99. The number of esters is 6. The average molecular weight is 1240 g/mol. The van der Waals surface area contributed by atoms with Crippen LogP contribution in [0.5, 0.6) is 0 Å². The minimum atomic E-state index is -0.691. The van der Waals surface area contributed by atoms with E-state index in [1.807, 2.05) is 28.2 Å². The van der Waals surface area contributed by atoms with Crippen molar-refractivity contribution in [1.82, 2.24) is 0 Å². The van der Waals surface area contributed by atoms with Gasteiger partial charge in [-0.15, -0.1) is 38.9 Å². The quantitative estimate of drug-likeness (QED) is 0.0192. The van der Waals surface area contributed by atoms with Gasteiger partial charge >= 0.3 is 35.8 Å². The summed E-state index contributed by atoms with van der Waals surface area (Å²) in [5.41, 5.74) is 0. The minimum absolute atomic E-state index is 0. The molecule has 0 rings (SSSR count). The van der Waals surface area contributed by atoms with Gasteiger partial charge in [-0.25, -0.2) is 0 Å². The normalized spacial score (nSPS) is 12.9. The average Bonchev–Trinajstić information content (AvgIpc) is 3.50. The van der Waals surface area contributed by atoms with Gasteiger partial charge in [0.2, 0.25) is 0 Å². The Hall–Kier alpha value is -2.76. The molecule has 16 nitrogen and oxygen atoms in total. The third-order valence-corrected chi connectivity index (χ3v) is 14.9. The van der Waals surface area contributed by atoms with Crippen molar-refractivity contribution < 1.29 is 76.4 Å². The first kappa shape index (κ1) is 85.4. The molecule has 18 heteroatoms. The maximum Gasteiger partial charge on any atom is 0.306 e. The third-order valence-electron chi connectivity index (χ3n) is 14.9. The molecule has 0 aromatic heterocycles. The topological polar surface area (TPSA) is 198 Å². The van der Waals surface area contributed by atoms with Crippen molar-refractivity contribution in [3.05, 3.63) is 14.1 Å². The second-order valence-electron chi connectivity index (χ2n) is 24.7. The Labute approximate surface area is 524 Å². The fourth-order valence-corrected chi connectivity index (χ4v) is 9.54. The van der Waals surface area contributed by atoms with Crippen molar-refractivity contribution in [1.29, 1.82) is 0 Å². The minimum Gasteiger partial charge on any atom is -0.466 e. The molecule has 0 aromatic rings. The van der Waals surface area contributed by atoms with Gasteiger partial charge in [0.1, 0.15) is 25.4 Å². The number of hydrogen-bond donors (Lipinski definition) is 2. The molecule has 0 spiro atoms. The van der Waals surface area contributed by atoms with Gasteiger partial charge < -0.3 is 47.6 Å². The van der Waals surface area contributed by atoms with Crippen LogP contribution in [0.2, 0.25) is 0 Å². The lowest BCUT2D eigenvalue weighted by Crippen LogP contribution is -2.35. The highest BCUT2D eigenvalue weighted by molar-refractivity contribution is 5.85. The van der Waals surface area contributed by atoms with Crippen molar-refractivity contribution in [2.75, 3.05) is 67.7 Å². The monoisotopic (exact) mass is 1240 g/mol. The van der Waals surface area contributed by atoms with Gasteiger partial charge in [-0.05, 0) is 77.0 Å². The van der Waals surface area contributed by atoms with Crippen molar-refractivity contribution in [3.8, 4) is 0 Å². The van der Waals surface area contributed by atoms with E-state index in [1.165, 1.54) is 0 Å². The molecule has 0 saturated carbocycles. The number of carbonyl (C=O) groups is 6. The number of aliphatic hydroxyl groups excluding tert-OH is 2. The van der Waals surface area contributed by atoms with Crippen LogP contribution in [0, 0.1) is 14.1 Å². The second-order valence-corrected chi connectivity index (χ2v) is 24.7. The number of unbranched alkanes of at least 4 members (excludes halogenated alkanes) is 25. The summed E-state index contributed by atoms with van der Waals surface area (Å²) >= 11 is 0. The number of rotatable bonds is 59. The Kier molecular flexibility index (Phi) is 59.0. The van der Waals surface area contributed by atoms with Crippen LogP contribution in [0.1, 0.15) is 284 Å². The molecule has 0 heterocycles. The maximum atomic E-state index is 12.6. The molecule has 0 saturated heterocycles. The molecule has 0 amide bonds. The molecule has 0 fully saturated rings. The molecule has 0 aliphatic carbocycles. The van der Waals surface area contributed by atoms with Crippen LogP contribution in [0.25, 0.3) is 0 Å². The van der Waals surface area contributed by atoms with Gasteiger partial charge in [0.25, 0.3) is 0 Å². The van der Waals surface area contributed by atoms with E-state index in [9.17, 15) is 39.0 Å². The zero-order chi connectivity index (χ0) is 61.0. The largest absolute Gasteiger partial charge is 0.466 e. The number of aliphatic hydroxyl groups is 2. The van der Waals surface area contributed by atoms with Crippen LogP contribution in [0.15, 0.2) is 0 Å². The predicted molar refractivity (Wildman–Crippen MR) is 340 cm³/mol. The summed E-state index contributed by atoms with van der Waals surface area (Å²) < 4.78 is 33.8. The molecule has 4 unspecified atom stereocenters. The van der Waals surface area contributed by atoms with E-state index in [1.54, 1.807) is 0 Å². The third kappa shape index (κ3) is 59.6. The first-order valence-electron chi connectivity index (χ1n) is 33.0. The lowest BCUT2D eigenvalue weighted by Gasteiger charge is -2.32. The van der Waals surface area contributed by atoms with E-state index in [-0.39, 0.29) is 86.3 Å². The van der Waals surface area contributed by atoms with Crippen LogP contribution >= 0.6 is 24.8 Å². The summed E-state index contributed by atoms with van der Waals surface area (Å²) in [4.78, 5) is 73.6. The SMILES string of the molecule is Cl.Cl.[CH2-][N+](C)(C)CCOC(=O)CCCC(=O)OC(CCCCC)C(O)CCCCCCCCCCC(=O)OCCCCCCCCCCOC(=O)CCCCCCCCCCC(O)C(CCCCC)OC(=O)CCCC(=O)OCC[N+]([CH2-])(C)C. The molecule has 2 N–H and O–H groups in total. The first-order chi connectivity index (χ1) is 39.3. The van der Waals surface area contributed by atoms with Crippen LogP contribution in [0.3, 0.4) is 0 Å². The number of nitrogens with zero attached hydrogens (tertiary/aromatic N) is 2.